The van der Waals surface area contributed by atoms with Crippen molar-refractivity contribution in [3.63, 3.8) is 0 Å². The highest BCUT2D eigenvalue weighted by Gasteiger charge is 2.13. The first-order chi connectivity index (χ1) is 20.2. The van der Waals surface area contributed by atoms with Crippen molar-refractivity contribution in [3.05, 3.63) is 76.3 Å². The molecule has 0 aromatic heterocycles. The van der Waals surface area contributed by atoms with E-state index < -0.39 is 11.8 Å². The molecule has 11 nitrogen and oxygen atoms in total. The molecule has 42 heavy (non-hydrogen) atoms. The van der Waals surface area contributed by atoms with Crippen LogP contribution in [0.15, 0.2) is 59.7 Å². The van der Waals surface area contributed by atoms with Crippen LogP contribution in [-0.2, 0) is 20.8 Å². The van der Waals surface area contributed by atoms with Crippen molar-refractivity contribution in [1.82, 2.24) is 10.7 Å². The lowest BCUT2D eigenvalue weighted by Crippen LogP contribution is -2.38. The Morgan fingerprint density at radius 2 is 1.67 bits per heavy atom. The maximum atomic E-state index is 12.4. The van der Waals surface area contributed by atoms with Crippen LogP contribution in [-0.4, -0.2) is 57.9 Å². The summed E-state index contributed by atoms with van der Waals surface area (Å²) in [5.41, 5.74) is 5.02. The molecule has 0 fully saturated rings. The Kier molecular flexibility index (Phi) is 12.0. The Morgan fingerprint density at radius 1 is 0.905 bits per heavy atom. The average Bonchev–Trinajstić information content (AvgIpc) is 2.99. The number of carbonyl (C=O) groups is 3. The van der Waals surface area contributed by atoms with Crippen LogP contribution in [0.4, 0.5) is 5.69 Å². The number of carbonyl (C=O) groups excluding carboxylic acids is 3. The van der Waals surface area contributed by atoms with Crippen LogP contribution in [0.2, 0.25) is 5.02 Å². The number of amides is 3. The molecule has 3 amide bonds. The van der Waals surface area contributed by atoms with Gasteiger partial charge in [-0.1, -0.05) is 23.7 Å². The molecule has 3 N–H and O–H groups in total. The van der Waals surface area contributed by atoms with Gasteiger partial charge in [0.1, 0.15) is 0 Å². The minimum absolute atomic E-state index is 0.237. The predicted molar refractivity (Wildman–Crippen MR) is 160 cm³/mol. The molecule has 222 valence electrons. The second-order valence-corrected chi connectivity index (χ2v) is 9.19. The molecule has 0 bridgehead atoms. The molecule has 0 spiro atoms. The summed E-state index contributed by atoms with van der Waals surface area (Å²) < 4.78 is 21.8. The number of hydrazone groups is 1. The Balaban J connectivity index is 1.49. The van der Waals surface area contributed by atoms with Gasteiger partial charge >= 0.3 is 11.8 Å². The number of hydrogen-bond donors (Lipinski definition) is 3. The minimum atomic E-state index is -0.913. The molecule has 0 aliphatic rings. The third-order valence-corrected chi connectivity index (χ3v) is 6.31. The Morgan fingerprint density at radius 3 is 2.40 bits per heavy atom. The monoisotopic (exact) mass is 596 g/mol. The highest BCUT2D eigenvalue weighted by molar-refractivity contribution is 6.35. The fourth-order valence-corrected chi connectivity index (χ4v) is 3.89. The lowest BCUT2D eigenvalue weighted by atomic mass is 10.1. The highest BCUT2D eigenvalue weighted by Crippen LogP contribution is 2.29. The highest BCUT2D eigenvalue weighted by atomic mass is 35.5. The van der Waals surface area contributed by atoms with Gasteiger partial charge in [-0.3, -0.25) is 14.4 Å². The molecule has 0 heterocycles. The predicted octanol–water partition coefficient (Wildman–Crippen LogP) is 3.89. The largest absolute Gasteiger partial charge is 0.493 e. The van der Waals surface area contributed by atoms with Crippen molar-refractivity contribution in [2.24, 2.45) is 5.10 Å². The molecule has 0 atom stereocenters. The standard InChI is InChI=1S/C30H33ClN4O7/c1-5-41-27-16-21(10-12-25(27)42-18-28(36)34-23-8-6-7-22(31)19(23)2)17-33-35-30(38)29(37)32-14-13-20-9-11-24(39-3)26(15-20)40-4/h6-12,15-17H,5,13-14,18H2,1-4H3,(H,32,37)(H,34,36)(H,35,38)/b33-17-. The number of halogens is 1. The van der Waals surface area contributed by atoms with Gasteiger partial charge in [0, 0.05) is 17.3 Å². The van der Waals surface area contributed by atoms with Crippen molar-refractivity contribution in [2.75, 3.05) is 39.3 Å². The number of nitrogens with one attached hydrogen (secondary N) is 3. The van der Waals surface area contributed by atoms with Gasteiger partial charge < -0.3 is 29.6 Å². The Labute approximate surface area is 249 Å². The van der Waals surface area contributed by atoms with Crippen molar-refractivity contribution >= 4 is 41.2 Å². The molecule has 0 aliphatic carbocycles. The van der Waals surface area contributed by atoms with Crippen molar-refractivity contribution in [2.45, 2.75) is 20.3 Å². The maximum Gasteiger partial charge on any atom is 0.329 e. The van der Waals surface area contributed by atoms with E-state index in [1.165, 1.54) is 6.21 Å². The summed E-state index contributed by atoms with van der Waals surface area (Å²) in [6, 6.07) is 15.6. The van der Waals surface area contributed by atoms with Crippen LogP contribution in [0, 0.1) is 6.92 Å². The Bertz CT molecular complexity index is 1450. The molecule has 0 saturated heterocycles. The zero-order valence-electron chi connectivity index (χ0n) is 23.8. The zero-order chi connectivity index (χ0) is 30.5. The van der Waals surface area contributed by atoms with Gasteiger partial charge in [0.25, 0.3) is 5.91 Å². The second kappa shape index (κ2) is 15.9. The SMILES string of the molecule is CCOc1cc(/C=N\NC(=O)C(=O)NCCc2ccc(OC)c(OC)c2)ccc1OCC(=O)Nc1cccc(Cl)c1C. The first-order valence-electron chi connectivity index (χ1n) is 13.0. The molecule has 3 aromatic carbocycles. The number of nitrogens with zero attached hydrogens (tertiary/aromatic N) is 1. The number of rotatable bonds is 13. The van der Waals surface area contributed by atoms with E-state index in [1.54, 1.807) is 62.8 Å². The third-order valence-electron chi connectivity index (χ3n) is 5.90. The number of methoxy groups -OCH3 is 2. The lowest BCUT2D eigenvalue weighted by molar-refractivity contribution is -0.139. The first kappa shape index (κ1) is 31.8. The van der Waals surface area contributed by atoms with E-state index in [-0.39, 0.29) is 19.1 Å². The van der Waals surface area contributed by atoms with Crippen molar-refractivity contribution in [3.8, 4) is 23.0 Å². The summed E-state index contributed by atoms with van der Waals surface area (Å²) in [6.45, 7) is 3.95. The van der Waals surface area contributed by atoms with Crippen LogP contribution < -0.4 is 35.0 Å². The molecule has 12 heteroatoms. The van der Waals surface area contributed by atoms with Gasteiger partial charge in [-0.15, -0.1) is 0 Å². The van der Waals surface area contributed by atoms with Gasteiger partial charge in [-0.05, 0) is 79.4 Å². The van der Waals surface area contributed by atoms with Gasteiger partial charge in [0.15, 0.2) is 29.6 Å². The second-order valence-electron chi connectivity index (χ2n) is 8.78. The summed E-state index contributed by atoms with van der Waals surface area (Å²) >= 11 is 6.11. The molecule has 3 aromatic rings. The number of benzene rings is 3. The molecular weight excluding hydrogens is 564 g/mol. The van der Waals surface area contributed by atoms with Gasteiger partial charge in [-0.2, -0.15) is 5.10 Å². The fraction of sp³-hybridized carbons (Fsp3) is 0.267. The molecular formula is C30H33ClN4O7. The summed E-state index contributed by atoms with van der Waals surface area (Å²) in [5, 5.41) is 9.72. The van der Waals surface area contributed by atoms with Crippen LogP contribution in [0.1, 0.15) is 23.6 Å². The topological polar surface area (TPSA) is 137 Å². The lowest BCUT2D eigenvalue weighted by Gasteiger charge is -2.13. The number of hydrogen-bond acceptors (Lipinski definition) is 8. The molecule has 0 unspecified atom stereocenters. The molecule has 0 aliphatic heterocycles. The molecule has 0 radical (unpaired) electrons. The Hall–Kier alpha value is -4.77. The maximum absolute atomic E-state index is 12.4. The third kappa shape index (κ3) is 9.13. The smallest absolute Gasteiger partial charge is 0.329 e. The average molecular weight is 597 g/mol. The van der Waals surface area contributed by atoms with Crippen LogP contribution in [0.3, 0.4) is 0 Å². The first-order valence-corrected chi connectivity index (χ1v) is 13.4. The fourth-order valence-electron chi connectivity index (χ4n) is 3.72. The zero-order valence-corrected chi connectivity index (χ0v) is 24.5. The van der Waals surface area contributed by atoms with E-state index in [9.17, 15) is 14.4 Å². The normalized spacial score (nSPS) is 10.6. The molecule has 3 rings (SSSR count). The number of anilines is 1. The minimum Gasteiger partial charge on any atom is -0.493 e. The van der Waals surface area contributed by atoms with Crippen molar-refractivity contribution in [1.29, 1.82) is 0 Å². The van der Waals surface area contributed by atoms with E-state index in [2.05, 4.69) is 21.2 Å². The van der Waals surface area contributed by atoms with E-state index in [4.69, 9.17) is 30.5 Å². The number of ether oxygens (including phenoxy) is 4. The van der Waals surface area contributed by atoms with Gasteiger partial charge in [0.2, 0.25) is 0 Å². The summed E-state index contributed by atoms with van der Waals surface area (Å²) in [5.74, 6) is -0.182. The van der Waals surface area contributed by atoms with E-state index in [1.807, 2.05) is 19.9 Å². The van der Waals surface area contributed by atoms with Crippen molar-refractivity contribution < 1.29 is 33.3 Å². The molecule has 0 saturated carbocycles. The van der Waals surface area contributed by atoms with E-state index >= 15 is 0 Å². The van der Waals surface area contributed by atoms with Gasteiger partial charge in [-0.25, -0.2) is 5.43 Å². The summed E-state index contributed by atoms with van der Waals surface area (Å²) in [6.07, 6.45) is 1.84. The summed E-state index contributed by atoms with van der Waals surface area (Å²) in [7, 11) is 3.09. The van der Waals surface area contributed by atoms with Gasteiger partial charge in [0.05, 0.1) is 27.0 Å². The summed E-state index contributed by atoms with van der Waals surface area (Å²) in [4.78, 5) is 36.7. The van der Waals surface area contributed by atoms with Crippen LogP contribution >= 0.6 is 11.6 Å². The van der Waals surface area contributed by atoms with E-state index in [0.29, 0.717) is 52.3 Å². The van der Waals surface area contributed by atoms with E-state index in [0.717, 1.165) is 11.1 Å². The van der Waals surface area contributed by atoms with Crippen LogP contribution in [0.25, 0.3) is 0 Å². The van der Waals surface area contributed by atoms with Crippen LogP contribution in [0.5, 0.6) is 23.0 Å². The quantitative estimate of drug-likeness (QED) is 0.155.